The summed E-state index contributed by atoms with van der Waals surface area (Å²) >= 11 is 1.90. The summed E-state index contributed by atoms with van der Waals surface area (Å²) < 4.78 is 0. The molecule has 0 fully saturated rings. The Labute approximate surface area is 102 Å². The smallest absolute Gasteiger partial charge is 0.0345 e. The van der Waals surface area contributed by atoms with Crippen LogP contribution in [0.3, 0.4) is 0 Å². The molecule has 0 N–H and O–H groups in total. The maximum absolute atomic E-state index is 2.26. The highest BCUT2D eigenvalue weighted by Crippen LogP contribution is 2.34. The minimum absolute atomic E-state index is 0.258. The summed E-state index contributed by atoms with van der Waals surface area (Å²) in [5.74, 6) is 0. The number of hydrogen-bond acceptors (Lipinski definition) is 1. The fraction of sp³-hybridized carbons (Fsp3) is 0.333. The third kappa shape index (κ3) is 2.35. The second kappa shape index (κ2) is 4.06. The van der Waals surface area contributed by atoms with Crippen LogP contribution in [-0.2, 0) is 5.41 Å². The van der Waals surface area contributed by atoms with Gasteiger partial charge in [0, 0.05) is 9.75 Å². The molecule has 0 aliphatic rings. The largest absolute Gasteiger partial charge is 0.140 e. The van der Waals surface area contributed by atoms with Gasteiger partial charge in [0.05, 0.1) is 0 Å². The minimum Gasteiger partial charge on any atom is -0.140 e. The molecule has 0 nitrogen and oxygen atoms in total. The standard InChI is InChI=1S/C15H18S/c1-11-5-7-12(8-6-11)13-9-10-14(16-13)15(2,3)4/h5-10H,1-4H3. The molecule has 0 saturated carbocycles. The third-order valence-electron chi connectivity index (χ3n) is 2.68. The van der Waals surface area contributed by atoms with Gasteiger partial charge in [-0.05, 0) is 30.0 Å². The normalized spacial score (nSPS) is 11.8. The van der Waals surface area contributed by atoms with Gasteiger partial charge in [0.1, 0.15) is 0 Å². The van der Waals surface area contributed by atoms with Crippen LogP contribution in [0.15, 0.2) is 36.4 Å². The second-order valence-electron chi connectivity index (χ2n) is 5.28. The van der Waals surface area contributed by atoms with E-state index in [4.69, 9.17) is 0 Å². The van der Waals surface area contributed by atoms with E-state index in [9.17, 15) is 0 Å². The number of aryl methyl sites for hydroxylation is 1. The van der Waals surface area contributed by atoms with Crippen LogP contribution in [-0.4, -0.2) is 0 Å². The molecule has 1 aromatic heterocycles. The Bertz CT molecular complexity index is 469. The first-order valence-electron chi connectivity index (χ1n) is 5.64. The summed E-state index contributed by atoms with van der Waals surface area (Å²) in [6.07, 6.45) is 0. The Morgan fingerprint density at radius 1 is 0.875 bits per heavy atom. The highest BCUT2D eigenvalue weighted by molar-refractivity contribution is 7.15. The van der Waals surface area contributed by atoms with Crippen molar-refractivity contribution in [3.05, 3.63) is 46.8 Å². The molecular weight excluding hydrogens is 212 g/mol. The van der Waals surface area contributed by atoms with Crippen LogP contribution in [0, 0.1) is 6.92 Å². The molecule has 0 amide bonds. The Kier molecular flexibility index (Phi) is 2.90. The third-order valence-corrected chi connectivity index (χ3v) is 4.24. The first-order valence-corrected chi connectivity index (χ1v) is 6.46. The lowest BCUT2D eigenvalue weighted by Gasteiger charge is -2.15. The first-order chi connectivity index (χ1) is 7.47. The molecule has 1 heteroatoms. The van der Waals surface area contributed by atoms with E-state index in [1.54, 1.807) is 0 Å². The predicted molar refractivity (Wildman–Crippen MR) is 73.2 cm³/mol. The van der Waals surface area contributed by atoms with Gasteiger partial charge < -0.3 is 0 Å². The van der Waals surface area contributed by atoms with Crippen LogP contribution in [0.5, 0.6) is 0 Å². The van der Waals surface area contributed by atoms with Gasteiger partial charge in [0.15, 0.2) is 0 Å². The van der Waals surface area contributed by atoms with Crippen LogP contribution < -0.4 is 0 Å². The van der Waals surface area contributed by atoms with E-state index in [-0.39, 0.29) is 5.41 Å². The van der Waals surface area contributed by atoms with Gasteiger partial charge in [-0.25, -0.2) is 0 Å². The van der Waals surface area contributed by atoms with E-state index in [0.717, 1.165) is 0 Å². The molecule has 1 heterocycles. The van der Waals surface area contributed by atoms with Gasteiger partial charge in [-0.3, -0.25) is 0 Å². The van der Waals surface area contributed by atoms with Gasteiger partial charge in [-0.2, -0.15) is 0 Å². The van der Waals surface area contributed by atoms with E-state index < -0.39 is 0 Å². The second-order valence-corrected chi connectivity index (χ2v) is 6.36. The van der Waals surface area contributed by atoms with E-state index in [1.165, 1.54) is 20.9 Å². The lowest BCUT2D eigenvalue weighted by Crippen LogP contribution is -2.07. The first kappa shape index (κ1) is 11.4. The lowest BCUT2D eigenvalue weighted by atomic mass is 9.95. The highest BCUT2D eigenvalue weighted by atomic mass is 32.1. The van der Waals surface area contributed by atoms with E-state index in [1.807, 2.05) is 11.3 Å². The average Bonchev–Trinajstić information content (AvgIpc) is 2.67. The summed E-state index contributed by atoms with van der Waals surface area (Å²) in [5.41, 5.74) is 2.90. The fourth-order valence-corrected chi connectivity index (χ4v) is 2.68. The molecule has 0 aliphatic carbocycles. The van der Waals surface area contributed by atoms with Crippen molar-refractivity contribution in [1.29, 1.82) is 0 Å². The Morgan fingerprint density at radius 3 is 2.00 bits per heavy atom. The van der Waals surface area contributed by atoms with Crippen LogP contribution in [0.25, 0.3) is 10.4 Å². The molecule has 0 atom stereocenters. The Morgan fingerprint density at radius 2 is 1.50 bits per heavy atom. The summed E-state index contributed by atoms with van der Waals surface area (Å²) in [5, 5.41) is 0. The molecule has 84 valence electrons. The molecule has 0 unspecified atom stereocenters. The van der Waals surface area contributed by atoms with Crippen molar-refractivity contribution in [2.45, 2.75) is 33.1 Å². The molecular formula is C15H18S. The van der Waals surface area contributed by atoms with E-state index in [2.05, 4.69) is 64.1 Å². The van der Waals surface area contributed by atoms with Gasteiger partial charge >= 0.3 is 0 Å². The molecule has 16 heavy (non-hydrogen) atoms. The maximum atomic E-state index is 2.26. The number of thiophene rings is 1. The van der Waals surface area contributed by atoms with Crippen molar-refractivity contribution < 1.29 is 0 Å². The van der Waals surface area contributed by atoms with Crippen molar-refractivity contribution in [2.75, 3.05) is 0 Å². The summed E-state index contributed by atoms with van der Waals surface area (Å²) in [7, 11) is 0. The van der Waals surface area contributed by atoms with Crippen molar-refractivity contribution in [3.63, 3.8) is 0 Å². The fourth-order valence-electron chi connectivity index (χ4n) is 1.61. The molecule has 0 spiro atoms. The molecule has 0 saturated heterocycles. The number of benzene rings is 1. The van der Waals surface area contributed by atoms with Crippen LogP contribution >= 0.6 is 11.3 Å². The van der Waals surface area contributed by atoms with Gasteiger partial charge in [0.2, 0.25) is 0 Å². The van der Waals surface area contributed by atoms with Gasteiger partial charge in [-0.15, -0.1) is 11.3 Å². The molecule has 0 radical (unpaired) electrons. The predicted octanol–water partition coefficient (Wildman–Crippen LogP) is 5.02. The monoisotopic (exact) mass is 230 g/mol. The van der Waals surface area contributed by atoms with Gasteiger partial charge in [-0.1, -0.05) is 50.6 Å². The summed E-state index contributed by atoms with van der Waals surface area (Å²) in [6, 6.07) is 13.2. The summed E-state index contributed by atoms with van der Waals surface area (Å²) in [6.45, 7) is 8.91. The molecule has 0 bridgehead atoms. The number of rotatable bonds is 1. The quantitative estimate of drug-likeness (QED) is 0.645. The Balaban J connectivity index is 2.35. The maximum Gasteiger partial charge on any atom is 0.0345 e. The van der Waals surface area contributed by atoms with Crippen LogP contribution in [0.4, 0.5) is 0 Å². The average molecular weight is 230 g/mol. The molecule has 2 aromatic rings. The Hall–Kier alpha value is -1.08. The zero-order valence-corrected chi connectivity index (χ0v) is 11.2. The van der Waals surface area contributed by atoms with E-state index in [0.29, 0.717) is 0 Å². The SMILES string of the molecule is Cc1ccc(-c2ccc(C(C)(C)C)s2)cc1. The minimum atomic E-state index is 0.258. The van der Waals surface area contributed by atoms with Crippen molar-refractivity contribution in [3.8, 4) is 10.4 Å². The van der Waals surface area contributed by atoms with Crippen LogP contribution in [0.1, 0.15) is 31.2 Å². The van der Waals surface area contributed by atoms with Gasteiger partial charge in [0.25, 0.3) is 0 Å². The molecule has 2 rings (SSSR count). The highest BCUT2D eigenvalue weighted by Gasteiger charge is 2.16. The topological polar surface area (TPSA) is 0 Å². The zero-order valence-electron chi connectivity index (χ0n) is 10.4. The molecule has 0 aliphatic heterocycles. The number of hydrogen-bond donors (Lipinski definition) is 0. The molecule has 1 aromatic carbocycles. The van der Waals surface area contributed by atoms with Crippen molar-refractivity contribution in [2.24, 2.45) is 0 Å². The summed E-state index contributed by atoms with van der Waals surface area (Å²) in [4.78, 5) is 2.81. The van der Waals surface area contributed by atoms with Crippen LogP contribution in [0.2, 0.25) is 0 Å². The zero-order chi connectivity index (χ0) is 11.8. The van der Waals surface area contributed by atoms with E-state index >= 15 is 0 Å². The van der Waals surface area contributed by atoms with Crippen molar-refractivity contribution >= 4 is 11.3 Å². The van der Waals surface area contributed by atoms with Crippen molar-refractivity contribution in [1.82, 2.24) is 0 Å². The lowest BCUT2D eigenvalue weighted by molar-refractivity contribution is 0.604.